The SMILES string of the molecule is Cc1ccc(N(C=O)c2ccc(C(F)N(Cc3ccccc3)C3CCNC3)cc2)cc1Nc1nccc(-c2cccnc2)n1. The molecule has 2 unspecified atom stereocenters. The first-order valence-corrected chi connectivity index (χ1v) is 14.7. The molecule has 3 aromatic carbocycles. The molecule has 1 amide bonds. The number of carbonyl (C=O) groups excluding carboxylic acids is 1. The predicted octanol–water partition coefficient (Wildman–Crippen LogP) is 6.72. The van der Waals surface area contributed by atoms with Crippen LogP contribution < -0.4 is 15.5 Å². The lowest BCUT2D eigenvalue weighted by Crippen LogP contribution is -2.37. The fraction of sp³-hybridized carbons (Fsp3) is 0.200. The number of rotatable bonds is 11. The molecule has 0 spiro atoms. The van der Waals surface area contributed by atoms with Crippen molar-refractivity contribution in [3.63, 3.8) is 0 Å². The van der Waals surface area contributed by atoms with E-state index in [0.717, 1.165) is 54.0 Å². The van der Waals surface area contributed by atoms with Crippen molar-refractivity contribution in [2.24, 2.45) is 0 Å². The average Bonchev–Trinajstić information content (AvgIpc) is 3.61. The summed E-state index contributed by atoms with van der Waals surface area (Å²) in [6.45, 7) is 4.13. The van der Waals surface area contributed by atoms with Gasteiger partial charge in [-0.2, -0.15) is 0 Å². The highest BCUT2D eigenvalue weighted by molar-refractivity contribution is 5.88. The molecule has 9 heteroatoms. The Morgan fingerprint density at radius 2 is 1.82 bits per heavy atom. The van der Waals surface area contributed by atoms with E-state index in [1.807, 2.05) is 78.6 Å². The summed E-state index contributed by atoms with van der Waals surface area (Å²) in [4.78, 5) is 29.0. The van der Waals surface area contributed by atoms with Gasteiger partial charge >= 0.3 is 0 Å². The number of aryl methyl sites for hydroxylation is 1. The van der Waals surface area contributed by atoms with Crippen LogP contribution in [0.5, 0.6) is 0 Å². The lowest BCUT2D eigenvalue weighted by atomic mass is 10.1. The van der Waals surface area contributed by atoms with Crippen molar-refractivity contribution in [1.29, 1.82) is 0 Å². The van der Waals surface area contributed by atoms with Gasteiger partial charge in [0.05, 0.1) is 11.4 Å². The molecule has 3 heterocycles. The Bertz CT molecular complexity index is 1680. The highest BCUT2D eigenvalue weighted by atomic mass is 19.1. The number of nitrogens with zero attached hydrogens (tertiary/aromatic N) is 5. The van der Waals surface area contributed by atoms with Gasteiger partial charge in [-0.25, -0.2) is 14.4 Å². The lowest BCUT2D eigenvalue weighted by Gasteiger charge is -2.32. The van der Waals surface area contributed by atoms with Crippen LogP contribution in [0, 0.1) is 6.92 Å². The second-order valence-corrected chi connectivity index (χ2v) is 10.8. The monoisotopic (exact) mass is 587 g/mol. The summed E-state index contributed by atoms with van der Waals surface area (Å²) < 4.78 is 16.1. The minimum absolute atomic E-state index is 0.101. The Balaban J connectivity index is 1.21. The van der Waals surface area contributed by atoms with Crippen molar-refractivity contribution < 1.29 is 9.18 Å². The zero-order valence-corrected chi connectivity index (χ0v) is 24.5. The second kappa shape index (κ2) is 13.5. The van der Waals surface area contributed by atoms with Crippen molar-refractivity contribution in [2.75, 3.05) is 23.3 Å². The van der Waals surface area contributed by atoms with Crippen LogP contribution in [-0.2, 0) is 11.3 Å². The van der Waals surface area contributed by atoms with Gasteiger partial charge in [-0.3, -0.25) is 19.6 Å². The molecule has 0 radical (unpaired) electrons. The molecule has 1 aliphatic rings. The fourth-order valence-corrected chi connectivity index (χ4v) is 5.48. The molecule has 44 heavy (non-hydrogen) atoms. The lowest BCUT2D eigenvalue weighted by molar-refractivity contribution is -0.106. The number of pyridine rings is 1. The van der Waals surface area contributed by atoms with E-state index in [4.69, 9.17) is 0 Å². The molecule has 0 aliphatic carbocycles. The van der Waals surface area contributed by atoms with Gasteiger partial charge in [0.15, 0.2) is 6.30 Å². The third kappa shape index (κ3) is 6.64. The molecule has 2 N–H and O–H groups in total. The largest absolute Gasteiger partial charge is 0.324 e. The van der Waals surface area contributed by atoms with Crippen LogP contribution in [0.15, 0.2) is 110 Å². The maximum atomic E-state index is 16.1. The van der Waals surface area contributed by atoms with E-state index in [-0.39, 0.29) is 6.04 Å². The quantitative estimate of drug-likeness (QED) is 0.131. The molecular weight excluding hydrogens is 553 g/mol. The molecule has 222 valence electrons. The molecule has 5 aromatic rings. The fourth-order valence-electron chi connectivity index (χ4n) is 5.48. The van der Waals surface area contributed by atoms with Crippen LogP contribution in [0.1, 0.15) is 29.4 Å². The predicted molar refractivity (Wildman–Crippen MR) is 171 cm³/mol. The van der Waals surface area contributed by atoms with Gasteiger partial charge in [0.2, 0.25) is 12.4 Å². The molecule has 1 fully saturated rings. The first kappa shape index (κ1) is 29.1. The maximum Gasteiger partial charge on any atom is 0.227 e. The van der Waals surface area contributed by atoms with Crippen LogP contribution in [-0.4, -0.2) is 45.4 Å². The first-order chi connectivity index (χ1) is 21.6. The van der Waals surface area contributed by atoms with E-state index in [1.165, 1.54) is 4.90 Å². The molecule has 0 bridgehead atoms. The normalized spacial score (nSPS) is 15.2. The molecule has 2 atom stereocenters. The molecule has 1 aliphatic heterocycles. The Kier molecular flexibility index (Phi) is 8.95. The van der Waals surface area contributed by atoms with Crippen LogP contribution in [0.25, 0.3) is 11.3 Å². The Morgan fingerprint density at radius 3 is 2.55 bits per heavy atom. The van der Waals surface area contributed by atoms with Gasteiger partial charge in [0.25, 0.3) is 0 Å². The number of hydrogen-bond donors (Lipinski definition) is 2. The van der Waals surface area contributed by atoms with Crippen molar-refractivity contribution >= 4 is 29.4 Å². The highest BCUT2D eigenvalue weighted by Gasteiger charge is 2.30. The van der Waals surface area contributed by atoms with Gasteiger partial charge in [-0.15, -0.1) is 0 Å². The van der Waals surface area contributed by atoms with Crippen LogP contribution in [0.2, 0.25) is 0 Å². The van der Waals surface area contributed by atoms with E-state index in [1.54, 1.807) is 42.9 Å². The number of halogens is 1. The standard InChI is InChI=1S/C35H34FN7O/c1-25-9-12-30(20-33(25)41-35-39-19-16-32(40-35)28-8-5-17-37-21-28)43(24-44)29-13-10-27(11-14-29)34(36)42(31-15-18-38-22-31)23-26-6-3-2-4-7-26/h2-14,16-17,19-21,24,31,34,38H,15,18,22-23H2,1H3,(H,39,40,41). The topological polar surface area (TPSA) is 86.3 Å². The summed E-state index contributed by atoms with van der Waals surface area (Å²) in [5, 5.41) is 6.65. The Hall–Kier alpha value is -4.99. The molecule has 0 saturated carbocycles. The summed E-state index contributed by atoms with van der Waals surface area (Å²) in [5.41, 5.74) is 6.28. The zero-order chi connectivity index (χ0) is 30.3. The number of alkyl halides is 1. The van der Waals surface area contributed by atoms with E-state index >= 15 is 4.39 Å². The first-order valence-electron chi connectivity index (χ1n) is 14.7. The minimum atomic E-state index is -1.28. The van der Waals surface area contributed by atoms with Crippen molar-refractivity contribution in [3.05, 3.63) is 126 Å². The van der Waals surface area contributed by atoms with Crippen molar-refractivity contribution in [2.45, 2.75) is 32.2 Å². The molecular formula is C35H34FN7O. The van der Waals surface area contributed by atoms with E-state index in [0.29, 0.717) is 29.4 Å². The Labute approximate surface area is 256 Å². The molecule has 6 rings (SSSR count). The van der Waals surface area contributed by atoms with Crippen LogP contribution in [0.4, 0.5) is 27.4 Å². The summed E-state index contributed by atoms with van der Waals surface area (Å²) in [5.74, 6) is 0.431. The summed E-state index contributed by atoms with van der Waals surface area (Å²) in [6.07, 6.45) is 5.54. The number of hydrogen-bond acceptors (Lipinski definition) is 7. The van der Waals surface area contributed by atoms with Gasteiger partial charge in [0, 0.05) is 60.2 Å². The number of carbonyl (C=O) groups is 1. The summed E-state index contributed by atoms with van der Waals surface area (Å²) in [7, 11) is 0. The van der Waals surface area contributed by atoms with Crippen molar-refractivity contribution in [1.82, 2.24) is 25.2 Å². The molecule has 8 nitrogen and oxygen atoms in total. The van der Waals surface area contributed by atoms with E-state index in [2.05, 4.69) is 25.6 Å². The second-order valence-electron chi connectivity index (χ2n) is 10.8. The zero-order valence-electron chi connectivity index (χ0n) is 24.5. The van der Waals surface area contributed by atoms with Gasteiger partial charge in [-0.1, -0.05) is 48.5 Å². The number of aromatic nitrogens is 3. The van der Waals surface area contributed by atoms with E-state index < -0.39 is 6.30 Å². The third-order valence-electron chi connectivity index (χ3n) is 7.91. The number of benzene rings is 3. The third-order valence-corrected chi connectivity index (χ3v) is 7.91. The summed E-state index contributed by atoms with van der Waals surface area (Å²) >= 11 is 0. The number of anilines is 4. The van der Waals surface area contributed by atoms with Gasteiger partial charge in [0.1, 0.15) is 0 Å². The van der Waals surface area contributed by atoms with Gasteiger partial charge in [-0.05, 0) is 73.5 Å². The Morgan fingerprint density at radius 1 is 1.00 bits per heavy atom. The highest BCUT2D eigenvalue weighted by Crippen LogP contribution is 2.33. The van der Waals surface area contributed by atoms with Crippen LogP contribution >= 0.6 is 0 Å². The maximum absolute atomic E-state index is 16.1. The average molecular weight is 588 g/mol. The van der Waals surface area contributed by atoms with Gasteiger partial charge < -0.3 is 10.6 Å². The molecule has 2 aromatic heterocycles. The minimum Gasteiger partial charge on any atom is -0.324 e. The van der Waals surface area contributed by atoms with Crippen LogP contribution in [0.3, 0.4) is 0 Å². The number of amides is 1. The molecule has 1 saturated heterocycles. The smallest absolute Gasteiger partial charge is 0.227 e. The number of nitrogens with one attached hydrogen (secondary N) is 2. The summed E-state index contributed by atoms with van der Waals surface area (Å²) in [6, 6.07) is 28.5. The van der Waals surface area contributed by atoms with Crippen molar-refractivity contribution in [3.8, 4) is 11.3 Å². The van der Waals surface area contributed by atoms with E-state index in [9.17, 15) is 4.79 Å².